The van der Waals surface area contributed by atoms with Gasteiger partial charge in [0.2, 0.25) is 0 Å². The summed E-state index contributed by atoms with van der Waals surface area (Å²) in [6, 6.07) is 22.2. The van der Waals surface area contributed by atoms with E-state index in [-0.39, 0.29) is 0 Å². The largest absolute Gasteiger partial charge is 0.466 e. The van der Waals surface area contributed by atoms with Crippen molar-refractivity contribution < 1.29 is 4.74 Å². The average Bonchev–Trinajstić information content (AvgIpc) is 3.00. The number of hydrogen-bond acceptors (Lipinski definition) is 6. The second kappa shape index (κ2) is 12.0. The van der Waals surface area contributed by atoms with Crippen LogP contribution in [0.4, 0.5) is 5.69 Å². The molecule has 0 bridgehead atoms. The average molecular weight is 542 g/mol. The molecule has 1 saturated heterocycles. The van der Waals surface area contributed by atoms with E-state index in [1.54, 1.807) is 0 Å². The summed E-state index contributed by atoms with van der Waals surface area (Å²) in [4.78, 5) is 12.1. The number of hydrogen-bond donors (Lipinski definition) is 1. The van der Waals surface area contributed by atoms with Crippen molar-refractivity contribution in [1.29, 1.82) is 0 Å². The van der Waals surface area contributed by atoms with Crippen molar-refractivity contribution in [1.82, 2.24) is 20.1 Å². The maximum absolute atomic E-state index is 5.94. The molecule has 1 aliphatic carbocycles. The lowest BCUT2D eigenvalue weighted by Gasteiger charge is -2.40. The highest BCUT2D eigenvalue weighted by molar-refractivity contribution is 7.80. The van der Waals surface area contributed by atoms with Crippen LogP contribution in [0.2, 0.25) is 0 Å². The molecule has 1 N–H and O–H groups in total. The molecule has 6 nitrogen and oxygen atoms in total. The van der Waals surface area contributed by atoms with Crippen LogP contribution in [0.5, 0.6) is 0 Å². The van der Waals surface area contributed by atoms with Gasteiger partial charge in [0.25, 0.3) is 5.17 Å². The van der Waals surface area contributed by atoms with Crippen LogP contribution in [-0.4, -0.2) is 65.8 Å². The molecule has 2 aromatic carbocycles. The third kappa shape index (κ3) is 5.96. The summed E-state index contributed by atoms with van der Waals surface area (Å²) in [5.41, 5.74) is 8.18. The van der Waals surface area contributed by atoms with Crippen molar-refractivity contribution in [2.45, 2.75) is 50.9 Å². The van der Waals surface area contributed by atoms with Crippen molar-refractivity contribution in [2.75, 3.05) is 44.7 Å². The Morgan fingerprint density at radius 2 is 1.85 bits per heavy atom. The molecule has 0 amide bonds. The Hall–Kier alpha value is -3.00. The predicted octanol–water partition coefficient (Wildman–Crippen LogP) is 4.73. The standard InChI is InChI=1S/C32H39N5OS/c1-35(30-14-5-10-25-12-7-15-33-31(25)30)22-27-20-28-26(21-34-27)11-6-13-29(28)36-16-18-37(19-17-36)32(39)38-23-24-8-3-2-4-9-24/h2-4,6-9,11-13,15,27,30,34H,5,10,14,16-23H2,1H3/t27-,30+/m1/s1. The van der Waals surface area contributed by atoms with E-state index < -0.39 is 0 Å². The number of rotatable bonds is 6. The maximum atomic E-state index is 5.94. The summed E-state index contributed by atoms with van der Waals surface area (Å²) >= 11 is 5.63. The molecule has 2 atom stereocenters. The van der Waals surface area contributed by atoms with E-state index in [4.69, 9.17) is 21.9 Å². The number of nitrogens with zero attached hydrogens (tertiary/aromatic N) is 4. The molecule has 1 fully saturated rings. The van der Waals surface area contributed by atoms with Gasteiger partial charge in [0.1, 0.15) is 6.61 Å². The van der Waals surface area contributed by atoms with Crippen LogP contribution in [0, 0.1) is 0 Å². The van der Waals surface area contributed by atoms with Gasteiger partial charge in [-0.05, 0) is 79.3 Å². The topological polar surface area (TPSA) is 43.9 Å². The molecule has 0 unspecified atom stereocenters. The number of fused-ring (bicyclic) bond motifs is 2. The first-order valence-corrected chi connectivity index (χ1v) is 14.8. The molecule has 0 saturated carbocycles. The van der Waals surface area contributed by atoms with Crippen LogP contribution in [0.25, 0.3) is 0 Å². The number of anilines is 1. The van der Waals surface area contributed by atoms with Crippen molar-refractivity contribution in [3.8, 4) is 0 Å². The molecule has 1 aromatic heterocycles. The molecular formula is C32H39N5OS. The molecule has 0 radical (unpaired) electrons. The first-order valence-electron chi connectivity index (χ1n) is 14.3. The molecular weight excluding hydrogens is 502 g/mol. The fraction of sp³-hybridized carbons (Fsp3) is 0.438. The summed E-state index contributed by atoms with van der Waals surface area (Å²) in [7, 11) is 2.28. The van der Waals surface area contributed by atoms with Gasteiger partial charge in [0.15, 0.2) is 0 Å². The zero-order valence-corrected chi connectivity index (χ0v) is 23.7. The molecule has 204 valence electrons. The smallest absolute Gasteiger partial charge is 0.259 e. The number of benzene rings is 2. The van der Waals surface area contributed by atoms with Crippen LogP contribution in [0.15, 0.2) is 66.9 Å². The highest BCUT2D eigenvalue weighted by Gasteiger charge is 2.30. The summed E-state index contributed by atoms with van der Waals surface area (Å²) in [6.45, 7) is 6.15. The molecule has 7 heteroatoms. The Morgan fingerprint density at radius 1 is 1.03 bits per heavy atom. The molecule has 3 aliphatic rings. The van der Waals surface area contributed by atoms with E-state index in [0.29, 0.717) is 23.9 Å². The second-order valence-corrected chi connectivity index (χ2v) is 11.5. The number of piperazine rings is 1. The Balaban J connectivity index is 1.07. The number of pyridine rings is 1. The van der Waals surface area contributed by atoms with Crippen LogP contribution < -0.4 is 10.2 Å². The van der Waals surface area contributed by atoms with E-state index in [0.717, 1.165) is 57.7 Å². The van der Waals surface area contributed by atoms with Crippen LogP contribution in [0.1, 0.15) is 46.8 Å². The van der Waals surface area contributed by atoms with E-state index in [2.05, 4.69) is 69.5 Å². The quantitative estimate of drug-likeness (QED) is 0.453. The zero-order chi connectivity index (χ0) is 26.6. The summed E-state index contributed by atoms with van der Waals surface area (Å²) < 4.78 is 5.94. The maximum Gasteiger partial charge on any atom is 0.259 e. The number of aromatic nitrogens is 1. The Labute approximate surface area is 238 Å². The molecule has 0 spiro atoms. The van der Waals surface area contributed by atoms with Gasteiger partial charge < -0.3 is 19.9 Å². The number of ether oxygens (including phenoxy) is 1. The van der Waals surface area contributed by atoms with Crippen LogP contribution >= 0.6 is 12.2 Å². The molecule has 3 aromatic rings. The third-order valence-electron chi connectivity index (χ3n) is 8.57. The summed E-state index contributed by atoms with van der Waals surface area (Å²) in [6.07, 6.45) is 6.59. The molecule has 2 aliphatic heterocycles. The van der Waals surface area contributed by atoms with Gasteiger partial charge in [-0.3, -0.25) is 9.88 Å². The number of likely N-dealkylation sites (N-methyl/N-ethyl adjacent to an activating group) is 1. The first-order chi connectivity index (χ1) is 19.2. The van der Waals surface area contributed by atoms with Gasteiger partial charge >= 0.3 is 0 Å². The van der Waals surface area contributed by atoms with Gasteiger partial charge in [0.05, 0.1) is 11.7 Å². The van der Waals surface area contributed by atoms with Crippen LogP contribution in [0.3, 0.4) is 0 Å². The molecule has 39 heavy (non-hydrogen) atoms. The summed E-state index contributed by atoms with van der Waals surface area (Å²) in [5, 5.41) is 4.44. The number of nitrogens with one attached hydrogen (secondary N) is 1. The second-order valence-electron chi connectivity index (χ2n) is 11.1. The molecule has 3 heterocycles. The SMILES string of the molecule is CN(C[C@H]1Cc2c(cccc2N2CCN(C(=S)OCc3ccccc3)CC2)CN1)[C@H]1CCCc2cccnc21. The lowest BCUT2D eigenvalue weighted by Crippen LogP contribution is -2.50. The minimum atomic E-state index is 0.411. The lowest BCUT2D eigenvalue weighted by atomic mass is 9.89. The Morgan fingerprint density at radius 3 is 2.69 bits per heavy atom. The minimum absolute atomic E-state index is 0.411. The van der Waals surface area contributed by atoms with Crippen molar-refractivity contribution in [3.63, 3.8) is 0 Å². The van der Waals surface area contributed by atoms with Gasteiger partial charge in [-0.25, -0.2) is 0 Å². The Bertz CT molecular complexity index is 1280. The monoisotopic (exact) mass is 541 g/mol. The van der Waals surface area contributed by atoms with Gasteiger partial charge in [0, 0.05) is 57.2 Å². The van der Waals surface area contributed by atoms with E-state index in [1.807, 2.05) is 24.4 Å². The minimum Gasteiger partial charge on any atom is -0.466 e. The van der Waals surface area contributed by atoms with Crippen molar-refractivity contribution >= 4 is 23.1 Å². The van der Waals surface area contributed by atoms with E-state index in [9.17, 15) is 0 Å². The fourth-order valence-electron chi connectivity index (χ4n) is 6.45. The Kier molecular flexibility index (Phi) is 8.09. The van der Waals surface area contributed by atoms with Gasteiger partial charge in [-0.15, -0.1) is 0 Å². The zero-order valence-electron chi connectivity index (χ0n) is 22.9. The van der Waals surface area contributed by atoms with E-state index >= 15 is 0 Å². The van der Waals surface area contributed by atoms with Gasteiger partial charge in [-0.2, -0.15) is 0 Å². The van der Waals surface area contributed by atoms with Crippen LogP contribution in [-0.2, 0) is 30.7 Å². The van der Waals surface area contributed by atoms with Crippen molar-refractivity contribution in [2.24, 2.45) is 0 Å². The van der Waals surface area contributed by atoms with Crippen molar-refractivity contribution in [3.05, 3.63) is 94.8 Å². The number of thiocarbonyl (C=S) groups is 1. The predicted molar refractivity (Wildman–Crippen MR) is 161 cm³/mol. The highest BCUT2D eigenvalue weighted by Crippen LogP contribution is 2.33. The first kappa shape index (κ1) is 26.2. The molecule has 6 rings (SSSR count). The summed E-state index contributed by atoms with van der Waals surface area (Å²) in [5.74, 6) is 0. The number of aryl methyl sites for hydroxylation is 1. The fourth-order valence-corrected chi connectivity index (χ4v) is 6.69. The normalized spacial score (nSPS) is 20.9. The third-order valence-corrected chi connectivity index (χ3v) is 8.95. The highest BCUT2D eigenvalue weighted by atomic mass is 32.1. The lowest BCUT2D eigenvalue weighted by molar-refractivity contribution is 0.191. The van der Waals surface area contributed by atoms with E-state index in [1.165, 1.54) is 40.9 Å². The van der Waals surface area contributed by atoms with Gasteiger partial charge in [-0.1, -0.05) is 48.5 Å².